The monoisotopic (exact) mass is 443 g/mol. The van der Waals surface area contributed by atoms with Crippen LogP contribution in [0.1, 0.15) is 44.1 Å². The first-order chi connectivity index (χ1) is 14.9. The Kier molecular flexibility index (Phi) is 5.68. The van der Waals surface area contributed by atoms with Gasteiger partial charge in [-0.2, -0.15) is 0 Å². The van der Waals surface area contributed by atoms with E-state index in [1.807, 2.05) is 12.1 Å². The number of aromatic nitrogens is 3. The lowest BCUT2D eigenvalue weighted by Crippen LogP contribution is -2.27. The molecule has 2 amide bonds. The van der Waals surface area contributed by atoms with Crippen LogP contribution < -0.4 is 10.8 Å². The highest BCUT2D eigenvalue weighted by molar-refractivity contribution is 6.33. The van der Waals surface area contributed by atoms with Crippen molar-refractivity contribution in [1.29, 1.82) is 0 Å². The number of urea groups is 1. The summed E-state index contributed by atoms with van der Waals surface area (Å²) in [5, 5.41) is 12.1. The van der Waals surface area contributed by atoms with E-state index in [-0.39, 0.29) is 17.3 Å². The predicted molar refractivity (Wildman–Crippen MR) is 116 cm³/mol. The van der Waals surface area contributed by atoms with Crippen LogP contribution in [0.2, 0.25) is 5.02 Å². The molecular formula is C22H23ClFN5O2. The first kappa shape index (κ1) is 21.3. The van der Waals surface area contributed by atoms with Gasteiger partial charge in [0.25, 0.3) is 0 Å². The highest BCUT2D eigenvalue weighted by atomic mass is 35.5. The van der Waals surface area contributed by atoms with Crippen molar-refractivity contribution in [2.45, 2.75) is 38.1 Å². The van der Waals surface area contributed by atoms with Gasteiger partial charge in [0.2, 0.25) is 0 Å². The lowest BCUT2D eigenvalue weighted by Gasteiger charge is -2.21. The van der Waals surface area contributed by atoms with Crippen molar-refractivity contribution in [3.05, 3.63) is 64.7 Å². The molecule has 162 valence electrons. The molecule has 1 fully saturated rings. The Balaban J connectivity index is 1.72. The van der Waals surface area contributed by atoms with Gasteiger partial charge in [0, 0.05) is 17.3 Å². The Labute approximate surface area is 184 Å². The minimum atomic E-state index is -0.506. The van der Waals surface area contributed by atoms with Gasteiger partial charge < -0.3 is 9.88 Å². The van der Waals surface area contributed by atoms with Gasteiger partial charge in [-0.05, 0) is 62.6 Å². The minimum absolute atomic E-state index is 0.0827. The summed E-state index contributed by atoms with van der Waals surface area (Å²) >= 11 is 6.55. The number of amides is 2. The van der Waals surface area contributed by atoms with Crippen LogP contribution in [0.25, 0.3) is 11.4 Å². The van der Waals surface area contributed by atoms with Crippen molar-refractivity contribution in [2.24, 2.45) is 0 Å². The summed E-state index contributed by atoms with van der Waals surface area (Å²) in [7, 11) is 1.35. The van der Waals surface area contributed by atoms with E-state index < -0.39 is 6.03 Å². The summed E-state index contributed by atoms with van der Waals surface area (Å²) in [6.45, 7) is 4.13. The molecule has 0 spiro atoms. The van der Waals surface area contributed by atoms with Gasteiger partial charge in [0.1, 0.15) is 11.6 Å². The number of hydrogen-bond acceptors (Lipinski definition) is 4. The molecule has 0 bridgehead atoms. The average Bonchev–Trinajstić information content (AvgIpc) is 3.40. The molecule has 1 heterocycles. The van der Waals surface area contributed by atoms with Gasteiger partial charge in [-0.1, -0.05) is 23.7 Å². The fourth-order valence-electron chi connectivity index (χ4n) is 3.85. The Morgan fingerprint density at radius 3 is 2.48 bits per heavy atom. The largest absolute Gasteiger partial charge is 0.343 e. The molecule has 0 aliphatic heterocycles. The van der Waals surface area contributed by atoms with Gasteiger partial charge in [-0.15, -0.1) is 10.2 Å². The van der Waals surface area contributed by atoms with E-state index in [0.717, 1.165) is 24.2 Å². The third-order valence-electron chi connectivity index (χ3n) is 5.45. The zero-order chi connectivity index (χ0) is 22.2. The normalized spacial score (nSPS) is 14.5. The van der Waals surface area contributed by atoms with E-state index in [2.05, 4.69) is 44.2 Å². The number of nitrogens with one attached hydrogen (secondary N) is 2. The van der Waals surface area contributed by atoms with E-state index >= 15 is 0 Å². The maximum atomic E-state index is 13.4. The molecule has 1 aliphatic rings. The number of carbonyl (C=O) groups is 1. The highest BCUT2D eigenvalue weighted by Gasteiger charge is 2.50. The van der Waals surface area contributed by atoms with Crippen LogP contribution in [-0.2, 0) is 10.3 Å². The van der Waals surface area contributed by atoms with Crippen LogP contribution in [-0.4, -0.2) is 27.9 Å². The van der Waals surface area contributed by atoms with Crippen LogP contribution in [0.3, 0.4) is 0 Å². The molecule has 1 saturated carbocycles. The van der Waals surface area contributed by atoms with Crippen LogP contribution in [0.15, 0.2) is 42.5 Å². The van der Waals surface area contributed by atoms with Crippen molar-refractivity contribution in [2.75, 3.05) is 12.4 Å². The second kappa shape index (κ2) is 8.28. The number of halogens is 2. The van der Waals surface area contributed by atoms with Gasteiger partial charge in [-0.25, -0.2) is 14.7 Å². The molecule has 4 rings (SSSR count). The molecule has 2 N–H and O–H groups in total. The van der Waals surface area contributed by atoms with E-state index in [9.17, 15) is 9.18 Å². The molecule has 1 aliphatic carbocycles. The molecule has 0 radical (unpaired) electrons. The number of carbonyl (C=O) groups excluding carboxylic acids is 1. The maximum absolute atomic E-state index is 13.4. The Morgan fingerprint density at radius 1 is 1.19 bits per heavy atom. The lowest BCUT2D eigenvalue weighted by atomic mass is 9.94. The molecular weight excluding hydrogens is 421 g/mol. The zero-order valence-electron chi connectivity index (χ0n) is 17.4. The zero-order valence-corrected chi connectivity index (χ0v) is 18.2. The third-order valence-corrected chi connectivity index (χ3v) is 5.76. The molecule has 0 unspecified atom stereocenters. The van der Waals surface area contributed by atoms with Crippen molar-refractivity contribution >= 4 is 23.3 Å². The summed E-state index contributed by atoms with van der Waals surface area (Å²) < 4.78 is 15.5. The molecule has 3 aromatic rings. The quantitative estimate of drug-likeness (QED) is 0.520. The summed E-state index contributed by atoms with van der Waals surface area (Å²) in [6, 6.07) is 11.4. The molecule has 2 aromatic carbocycles. The van der Waals surface area contributed by atoms with Crippen LogP contribution in [0.5, 0.6) is 0 Å². The number of nitrogens with zero attached hydrogens (tertiary/aromatic N) is 3. The van der Waals surface area contributed by atoms with Crippen molar-refractivity contribution in [1.82, 2.24) is 20.2 Å². The predicted octanol–water partition coefficient (Wildman–Crippen LogP) is 5.08. The number of hydroxylamine groups is 1. The standard InChI is InChI=1S/C22H23ClFN5O2/c1-13(2)29-19(17-9-8-16(12-18(17)23)25-21(30)28-31-3)26-27-20(29)22(10-11-22)14-4-6-15(24)7-5-14/h4-9,12-13H,10-11H2,1-3H3,(H2,25,28,30). The average molecular weight is 444 g/mol. The van der Waals surface area contributed by atoms with Gasteiger partial charge >= 0.3 is 6.03 Å². The van der Waals surface area contributed by atoms with Crippen molar-refractivity contribution < 1.29 is 14.0 Å². The van der Waals surface area contributed by atoms with Crippen LogP contribution in [0, 0.1) is 5.82 Å². The minimum Gasteiger partial charge on any atom is -0.308 e. The van der Waals surface area contributed by atoms with Crippen LogP contribution >= 0.6 is 11.6 Å². The molecule has 9 heteroatoms. The Morgan fingerprint density at radius 2 is 1.90 bits per heavy atom. The summed E-state index contributed by atoms with van der Waals surface area (Å²) in [6.07, 6.45) is 1.85. The number of anilines is 1. The smallest absolute Gasteiger partial charge is 0.308 e. The van der Waals surface area contributed by atoms with Gasteiger partial charge in [0.15, 0.2) is 5.82 Å². The van der Waals surface area contributed by atoms with E-state index in [1.165, 1.54) is 19.2 Å². The van der Waals surface area contributed by atoms with Crippen molar-refractivity contribution in [3.8, 4) is 11.4 Å². The first-order valence-electron chi connectivity index (χ1n) is 9.97. The first-order valence-corrected chi connectivity index (χ1v) is 10.3. The lowest BCUT2D eigenvalue weighted by molar-refractivity contribution is 0.114. The fraction of sp³-hybridized carbons (Fsp3) is 0.318. The number of hydrogen-bond donors (Lipinski definition) is 2. The molecule has 0 saturated heterocycles. The molecule has 0 atom stereocenters. The van der Waals surface area contributed by atoms with E-state index in [4.69, 9.17) is 11.6 Å². The number of rotatable bonds is 6. The summed E-state index contributed by atoms with van der Waals surface area (Å²) in [4.78, 5) is 16.2. The fourth-order valence-corrected chi connectivity index (χ4v) is 4.11. The summed E-state index contributed by atoms with van der Waals surface area (Å²) in [5.41, 5.74) is 4.18. The van der Waals surface area contributed by atoms with Gasteiger partial charge in [-0.3, -0.25) is 4.84 Å². The highest BCUT2D eigenvalue weighted by Crippen LogP contribution is 2.53. The summed E-state index contributed by atoms with van der Waals surface area (Å²) in [5.74, 6) is 1.24. The van der Waals surface area contributed by atoms with E-state index in [1.54, 1.807) is 18.2 Å². The number of benzene rings is 2. The van der Waals surface area contributed by atoms with E-state index in [0.29, 0.717) is 22.1 Å². The Bertz CT molecular complexity index is 1110. The maximum Gasteiger partial charge on any atom is 0.343 e. The SMILES string of the molecule is CONC(=O)Nc1ccc(-c2nnc(C3(c4ccc(F)cc4)CC3)n2C(C)C)c(Cl)c1. The molecule has 7 nitrogen and oxygen atoms in total. The van der Waals surface area contributed by atoms with Crippen LogP contribution in [0.4, 0.5) is 14.9 Å². The Hall–Kier alpha value is -2.97. The third kappa shape index (κ3) is 4.00. The second-order valence-electron chi connectivity index (χ2n) is 7.85. The second-order valence-corrected chi connectivity index (χ2v) is 8.26. The molecule has 1 aromatic heterocycles. The van der Waals surface area contributed by atoms with Crippen molar-refractivity contribution in [3.63, 3.8) is 0 Å². The topological polar surface area (TPSA) is 81.1 Å². The molecule has 31 heavy (non-hydrogen) atoms. The van der Waals surface area contributed by atoms with Gasteiger partial charge in [0.05, 0.1) is 17.5 Å².